The molecule has 16 heavy (non-hydrogen) atoms. The summed E-state index contributed by atoms with van der Waals surface area (Å²) in [6.45, 7) is 0.888. The molecule has 1 heterocycles. The Morgan fingerprint density at radius 3 is 3.12 bits per heavy atom. The highest BCUT2D eigenvalue weighted by molar-refractivity contribution is 6.69. The number of methoxy groups -OCH3 is 1. The van der Waals surface area contributed by atoms with Crippen LogP contribution in [0.2, 0.25) is 0 Å². The fourth-order valence-corrected chi connectivity index (χ4v) is 1.18. The molecular weight excluding hydrogens is 236 g/mol. The predicted molar refractivity (Wildman–Crippen MR) is 58.8 cm³/mol. The van der Waals surface area contributed by atoms with Crippen LogP contribution in [0.4, 0.5) is 5.82 Å². The maximum absolute atomic E-state index is 8.58. The number of hydrogen-bond donors (Lipinski definition) is 2. The number of nitrogens with zero attached hydrogens (tertiary/aromatic N) is 3. The standard InChI is InChI=1S/C8H13ClN4O3/c1-15-4-2-3-10-8-6(12-16-13-8)7(9)11-5-14/h14H,2-5H2,1H3,(H,10,13). The summed E-state index contributed by atoms with van der Waals surface area (Å²) in [5, 5.41) is 18.8. The summed E-state index contributed by atoms with van der Waals surface area (Å²) in [4.78, 5) is 3.58. The summed E-state index contributed by atoms with van der Waals surface area (Å²) in [5.74, 6) is 0.401. The van der Waals surface area contributed by atoms with Gasteiger partial charge < -0.3 is 15.2 Å². The van der Waals surface area contributed by atoms with Crippen molar-refractivity contribution in [1.82, 2.24) is 10.3 Å². The van der Waals surface area contributed by atoms with E-state index in [-0.39, 0.29) is 10.9 Å². The molecule has 0 aliphatic carbocycles. The van der Waals surface area contributed by atoms with Crippen molar-refractivity contribution in [2.24, 2.45) is 4.99 Å². The lowest BCUT2D eigenvalue weighted by Crippen LogP contribution is -2.08. The van der Waals surface area contributed by atoms with E-state index in [1.54, 1.807) is 7.11 Å². The van der Waals surface area contributed by atoms with Gasteiger partial charge in [0.1, 0.15) is 6.73 Å². The molecule has 0 spiro atoms. The first-order valence-corrected chi connectivity index (χ1v) is 5.04. The van der Waals surface area contributed by atoms with Crippen LogP contribution in [0, 0.1) is 0 Å². The lowest BCUT2D eigenvalue weighted by molar-refractivity contribution is 0.197. The van der Waals surface area contributed by atoms with Crippen LogP contribution in [0.15, 0.2) is 9.62 Å². The average Bonchev–Trinajstić information content (AvgIpc) is 2.73. The summed E-state index contributed by atoms with van der Waals surface area (Å²) < 4.78 is 9.42. The van der Waals surface area contributed by atoms with Crippen LogP contribution >= 0.6 is 11.6 Å². The van der Waals surface area contributed by atoms with Gasteiger partial charge in [0.05, 0.1) is 0 Å². The number of nitrogens with one attached hydrogen (secondary N) is 1. The maximum atomic E-state index is 8.58. The second-order valence-corrected chi connectivity index (χ2v) is 3.18. The molecule has 0 fully saturated rings. The molecule has 0 radical (unpaired) electrons. The molecule has 2 N–H and O–H groups in total. The molecule has 0 bridgehead atoms. The molecule has 1 aromatic heterocycles. The smallest absolute Gasteiger partial charge is 0.201 e. The van der Waals surface area contributed by atoms with Crippen LogP contribution in [0.25, 0.3) is 0 Å². The molecule has 7 nitrogen and oxygen atoms in total. The van der Waals surface area contributed by atoms with E-state index in [2.05, 4.69) is 25.3 Å². The van der Waals surface area contributed by atoms with E-state index in [4.69, 9.17) is 21.4 Å². The Kier molecular flexibility index (Phi) is 5.76. The fraction of sp³-hybridized carbons (Fsp3) is 0.625. The van der Waals surface area contributed by atoms with E-state index in [0.29, 0.717) is 19.0 Å². The Hall–Kier alpha value is -1.18. The van der Waals surface area contributed by atoms with Gasteiger partial charge in [-0.3, -0.25) is 0 Å². The lowest BCUT2D eigenvalue weighted by Gasteiger charge is -2.02. The van der Waals surface area contributed by atoms with Crippen LogP contribution in [0.3, 0.4) is 0 Å². The minimum absolute atomic E-state index is 0.0537. The molecule has 0 saturated heterocycles. The molecule has 8 heteroatoms. The molecule has 1 aromatic rings. The first kappa shape index (κ1) is 12.9. The highest BCUT2D eigenvalue weighted by Gasteiger charge is 2.13. The summed E-state index contributed by atoms with van der Waals surface area (Å²) in [6.07, 6.45) is 0.817. The topological polar surface area (TPSA) is 92.8 Å². The first-order chi connectivity index (χ1) is 7.79. The summed E-state index contributed by atoms with van der Waals surface area (Å²) in [5.41, 5.74) is 0.285. The number of hydrogen-bond acceptors (Lipinski definition) is 7. The number of halogens is 1. The Bertz CT molecular complexity index is 342. The molecule has 0 atom stereocenters. The Morgan fingerprint density at radius 2 is 2.44 bits per heavy atom. The second kappa shape index (κ2) is 7.15. The number of ether oxygens (including phenoxy) is 1. The van der Waals surface area contributed by atoms with Crippen molar-refractivity contribution in [2.75, 3.05) is 32.3 Å². The highest BCUT2D eigenvalue weighted by atomic mass is 35.5. The molecule has 0 aromatic carbocycles. The number of aliphatic hydroxyl groups is 1. The van der Waals surface area contributed by atoms with Crippen molar-refractivity contribution < 1.29 is 14.5 Å². The number of anilines is 1. The summed E-state index contributed by atoms with van der Waals surface area (Å²) >= 11 is 5.76. The highest BCUT2D eigenvalue weighted by Crippen LogP contribution is 2.12. The van der Waals surface area contributed by atoms with E-state index in [9.17, 15) is 0 Å². The lowest BCUT2D eigenvalue weighted by atomic mass is 10.4. The predicted octanol–water partition coefficient (Wildman–Crippen LogP) is 0.453. The normalized spacial score (nSPS) is 11.8. The first-order valence-electron chi connectivity index (χ1n) is 4.66. The van der Waals surface area contributed by atoms with Crippen molar-refractivity contribution in [3.05, 3.63) is 5.69 Å². The van der Waals surface area contributed by atoms with Gasteiger partial charge in [-0.2, -0.15) is 0 Å². The van der Waals surface area contributed by atoms with Gasteiger partial charge in [-0.05, 0) is 16.7 Å². The second-order valence-electron chi connectivity index (χ2n) is 2.82. The zero-order chi connectivity index (χ0) is 11.8. The zero-order valence-electron chi connectivity index (χ0n) is 8.81. The minimum Gasteiger partial charge on any atom is -0.385 e. The van der Waals surface area contributed by atoms with Crippen molar-refractivity contribution in [1.29, 1.82) is 0 Å². The van der Waals surface area contributed by atoms with Crippen LogP contribution < -0.4 is 5.32 Å². The molecule has 0 unspecified atom stereocenters. The SMILES string of the molecule is COCCCNc1nonc1C(Cl)=NCO. The van der Waals surface area contributed by atoms with Crippen LogP contribution in [0.1, 0.15) is 12.1 Å². The van der Waals surface area contributed by atoms with Crippen LogP contribution in [-0.4, -0.2) is 47.6 Å². The molecule has 0 saturated carbocycles. The number of aliphatic hydroxyl groups excluding tert-OH is 1. The van der Waals surface area contributed by atoms with Crippen molar-refractivity contribution in [3.8, 4) is 0 Å². The Labute approximate surface area is 97.4 Å². The van der Waals surface area contributed by atoms with E-state index in [0.717, 1.165) is 6.42 Å². The van der Waals surface area contributed by atoms with Gasteiger partial charge in [0.25, 0.3) is 0 Å². The van der Waals surface area contributed by atoms with Gasteiger partial charge in [0, 0.05) is 20.3 Å². The number of rotatable bonds is 7. The largest absolute Gasteiger partial charge is 0.385 e. The van der Waals surface area contributed by atoms with Gasteiger partial charge in [0.2, 0.25) is 5.82 Å². The fourth-order valence-electron chi connectivity index (χ4n) is 1.00. The van der Waals surface area contributed by atoms with Crippen molar-refractivity contribution in [2.45, 2.75) is 6.42 Å². The molecule has 0 aliphatic rings. The molecule has 0 amide bonds. The van der Waals surface area contributed by atoms with Gasteiger partial charge >= 0.3 is 0 Å². The average molecular weight is 249 g/mol. The summed E-state index contributed by atoms with van der Waals surface area (Å²) in [7, 11) is 1.63. The summed E-state index contributed by atoms with van der Waals surface area (Å²) in [6, 6.07) is 0. The molecule has 1 rings (SSSR count). The third-order valence-electron chi connectivity index (χ3n) is 1.71. The number of aliphatic imine (C=N–C) groups is 1. The zero-order valence-corrected chi connectivity index (χ0v) is 9.57. The van der Waals surface area contributed by atoms with E-state index >= 15 is 0 Å². The van der Waals surface area contributed by atoms with E-state index in [1.807, 2.05) is 0 Å². The Balaban J connectivity index is 2.53. The number of aromatic nitrogens is 2. The molecule has 0 aliphatic heterocycles. The third-order valence-corrected chi connectivity index (χ3v) is 2.01. The third kappa shape index (κ3) is 3.76. The van der Waals surface area contributed by atoms with Crippen LogP contribution in [-0.2, 0) is 4.74 Å². The van der Waals surface area contributed by atoms with Gasteiger partial charge in [-0.1, -0.05) is 11.6 Å². The van der Waals surface area contributed by atoms with Crippen molar-refractivity contribution in [3.63, 3.8) is 0 Å². The Morgan fingerprint density at radius 1 is 1.62 bits per heavy atom. The quantitative estimate of drug-likeness (QED) is 0.538. The van der Waals surface area contributed by atoms with Gasteiger partial charge in [0.15, 0.2) is 10.9 Å². The van der Waals surface area contributed by atoms with E-state index in [1.165, 1.54) is 0 Å². The van der Waals surface area contributed by atoms with Gasteiger partial charge in [-0.15, -0.1) is 0 Å². The van der Waals surface area contributed by atoms with Crippen molar-refractivity contribution >= 4 is 22.6 Å². The molecule has 90 valence electrons. The minimum atomic E-state index is -0.408. The monoisotopic (exact) mass is 248 g/mol. The molecular formula is C8H13ClN4O3. The van der Waals surface area contributed by atoms with E-state index < -0.39 is 6.73 Å². The van der Waals surface area contributed by atoms with Gasteiger partial charge in [-0.25, -0.2) is 9.62 Å². The maximum Gasteiger partial charge on any atom is 0.201 e. The van der Waals surface area contributed by atoms with Crippen LogP contribution in [0.5, 0.6) is 0 Å².